The van der Waals surface area contributed by atoms with Gasteiger partial charge in [0, 0.05) is 0 Å². The number of nitrogens with zero attached hydrogens (tertiary/aromatic N) is 4. The van der Waals surface area contributed by atoms with E-state index in [-0.39, 0.29) is 16.7 Å². The second-order valence-corrected chi connectivity index (χ2v) is 7.59. The van der Waals surface area contributed by atoms with Crippen LogP contribution in [0.25, 0.3) is 11.2 Å². The van der Waals surface area contributed by atoms with Crippen LogP contribution in [0.1, 0.15) is 6.23 Å². The molecule has 0 aromatic carbocycles. The molecule has 0 spiro atoms. The Morgan fingerprint density at radius 2 is 2.05 bits per heavy atom. The number of nitrogens with two attached hydrogens (primary N) is 1. The lowest BCUT2D eigenvalue weighted by Crippen LogP contribution is -2.34. The Kier molecular flexibility index (Phi) is 3.74. The van der Waals surface area contributed by atoms with Gasteiger partial charge in [0.2, 0.25) is 0 Å². The highest BCUT2D eigenvalue weighted by Gasteiger charge is 2.46. The van der Waals surface area contributed by atoms with Crippen LogP contribution in [0.3, 0.4) is 0 Å². The molecule has 2 unspecified atom stereocenters. The molecule has 4 atom stereocenters. The number of anilines is 1. The third-order valence-corrected chi connectivity index (χ3v) is 4.49. The van der Waals surface area contributed by atoms with Gasteiger partial charge in [0.05, 0.1) is 18.8 Å². The van der Waals surface area contributed by atoms with Crippen LogP contribution in [0.15, 0.2) is 12.7 Å². The van der Waals surface area contributed by atoms with Crippen LogP contribution in [0.2, 0.25) is 0 Å². The summed E-state index contributed by atoms with van der Waals surface area (Å²) in [4.78, 5) is 12.2. The van der Waals surface area contributed by atoms with E-state index in [1.54, 1.807) is 4.57 Å². The monoisotopic (exact) mass is 312 g/mol. The highest BCUT2D eigenvalue weighted by molar-refractivity contribution is 7.95. The van der Waals surface area contributed by atoms with Crippen molar-refractivity contribution in [2.45, 2.75) is 24.5 Å². The van der Waals surface area contributed by atoms with Gasteiger partial charge in [-0.1, -0.05) is 0 Å². The third kappa shape index (κ3) is 2.46. The normalized spacial score (nSPS) is 29.6. The molecule has 2 aromatic heterocycles. The summed E-state index contributed by atoms with van der Waals surface area (Å²) in [7, 11) is 0.0998. The molecule has 4 N–H and O–H groups in total. The maximum atomic E-state index is 10.2. The van der Waals surface area contributed by atoms with Crippen LogP contribution in [-0.2, 0) is 15.6 Å². The smallest absolute Gasteiger partial charge is 0.167 e. The van der Waals surface area contributed by atoms with E-state index in [4.69, 9.17) is 10.5 Å². The average Bonchev–Trinajstić information content (AvgIpc) is 2.96. The van der Waals surface area contributed by atoms with Gasteiger partial charge in [-0.05, 0) is 10.9 Å². The molecule has 3 rings (SSSR count). The number of nitrogen functional groups attached to an aromatic ring is 1. The van der Waals surface area contributed by atoms with E-state index >= 15 is 0 Å². The van der Waals surface area contributed by atoms with E-state index in [0.717, 1.165) is 0 Å². The Labute approximate surface area is 124 Å². The molecular formula is C12H18N5O3S+. The second-order valence-electron chi connectivity index (χ2n) is 5.28. The van der Waals surface area contributed by atoms with Crippen molar-refractivity contribution in [3.05, 3.63) is 12.7 Å². The summed E-state index contributed by atoms with van der Waals surface area (Å²) in [6.45, 7) is 0. The lowest BCUT2D eigenvalue weighted by atomic mass is 10.1. The molecule has 0 aliphatic carbocycles. The summed E-state index contributed by atoms with van der Waals surface area (Å²) >= 11 is 0. The number of fused-ring (bicyclic) bond motifs is 1. The molecule has 21 heavy (non-hydrogen) atoms. The minimum atomic E-state index is -1.04. The van der Waals surface area contributed by atoms with E-state index in [9.17, 15) is 10.2 Å². The third-order valence-electron chi connectivity index (χ3n) is 3.50. The molecule has 1 saturated heterocycles. The van der Waals surface area contributed by atoms with E-state index in [1.165, 1.54) is 12.7 Å². The topological polar surface area (TPSA) is 119 Å². The number of aliphatic hydroxyl groups excluding tert-OH is 2. The van der Waals surface area contributed by atoms with E-state index in [1.807, 2.05) is 0 Å². The molecule has 3 heterocycles. The zero-order valence-electron chi connectivity index (χ0n) is 11.7. The van der Waals surface area contributed by atoms with E-state index in [2.05, 4.69) is 27.5 Å². The van der Waals surface area contributed by atoms with Gasteiger partial charge in [-0.2, -0.15) is 0 Å². The molecule has 9 heteroatoms. The quantitative estimate of drug-likeness (QED) is 0.616. The molecule has 0 bridgehead atoms. The SMILES string of the molecule is C[S+](C)C[C@H]1O[C@@H](n2cnc3c(N)ncnc32)C(O)C1O. The highest BCUT2D eigenvalue weighted by atomic mass is 32.2. The molecule has 2 aromatic rings. The molecule has 0 amide bonds. The number of aliphatic hydroxyl groups is 2. The number of hydrogen-bond acceptors (Lipinski definition) is 7. The fourth-order valence-corrected chi connectivity index (χ4v) is 3.41. The van der Waals surface area contributed by atoms with E-state index < -0.39 is 24.5 Å². The molecule has 1 aliphatic rings. The van der Waals surface area contributed by atoms with Crippen LogP contribution >= 0.6 is 0 Å². The number of aromatic nitrogens is 4. The van der Waals surface area contributed by atoms with E-state index in [0.29, 0.717) is 16.9 Å². The van der Waals surface area contributed by atoms with Gasteiger partial charge in [-0.3, -0.25) is 4.57 Å². The molecule has 1 aliphatic heterocycles. The van der Waals surface area contributed by atoms with Gasteiger partial charge in [-0.25, -0.2) is 15.0 Å². The van der Waals surface area contributed by atoms with Crippen molar-refractivity contribution in [2.24, 2.45) is 0 Å². The summed E-state index contributed by atoms with van der Waals surface area (Å²) in [5, 5.41) is 20.4. The minimum absolute atomic E-state index is 0.0998. The molecule has 0 radical (unpaired) electrons. The zero-order valence-corrected chi connectivity index (χ0v) is 12.6. The fraction of sp³-hybridized carbons (Fsp3) is 0.583. The predicted molar refractivity (Wildman–Crippen MR) is 79.7 cm³/mol. The first-order chi connectivity index (χ1) is 9.99. The Bertz CT molecular complexity index is 649. The summed E-state index contributed by atoms with van der Waals surface area (Å²) < 4.78 is 7.41. The van der Waals surface area contributed by atoms with Crippen molar-refractivity contribution >= 4 is 27.9 Å². The van der Waals surface area contributed by atoms with Crippen LogP contribution in [0.5, 0.6) is 0 Å². The minimum Gasteiger partial charge on any atom is -0.387 e. The summed E-state index contributed by atoms with van der Waals surface area (Å²) in [6, 6.07) is 0. The van der Waals surface area contributed by atoms with Gasteiger partial charge < -0.3 is 20.7 Å². The maximum Gasteiger partial charge on any atom is 0.167 e. The molecule has 114 valence electrons. The molecule has 8 nitrogen and oxygen atoms in total. The maximum absolute atomic E-state index is 10.2. The van der Waals surface area contributed by atoms with Crippen LogP contribution in [-0.4, -0.2) is 66.3 Å². The number of rotatable bonds is 3. The molecule has 0 saturated carbocycles. The van der Waals surface area contributed by atoms with Crippen molar-refractivity contribution in [2.75, 3.05) is 24.0 Å². The Hall–Kier alpha value is -1.42. The Morgan fingerprint density at radius 1 is 1.29 bits per heavy atom. The first kappa shape index (κ1) is 14.5. The average molecular weight is 312 g/mol. The van der Waals surface area contributed by atoms with Crippen molar-refractivity contribution in [3.8, 4) is 0 Å². The van der Waals surface area contributed by atoms with Crippen LogP contribution < -0.4 is 5.73 Å². The standard InChI is InChI=1S/C12H18N5O3S/c1-21(2)3-6-8(18)9(19)12(20-6)17-5-16-7-10(13)14-4-15-11(7)17/h4-6,8-9,12,18-19H,3H2,1-2H3,(H2,13,14,15)/q+1/t6-,8?,9?,12-/m1/s1. The number of imidazole rings is 1. The molecule has 1 fully saturated rings. The van der Waals surface area contributed by atoms with Gasteiger partial charge in [0.15, 0.2) is 17.7 Å². The zero-order chi connectivity index (χ0) is 15.1. The number of ether oxygens (including phenoxy) is 1. The predicted octanol–water partition coefficient (Wildman–Crippen LogP) is -1.09. The van der Waals surface area contributed by atoms with Crippen molar-refractivity contribution in [3.63, 3.8) is 0 Å². The van der Waals surface area contributed by atoms with Crippen molar-refractivity contribution < 1.29 is 14.9 Å². The van der Waals surface area contributed by atoms with Crippen molar-refractivity contribution in [1.82, 2.24) is 19.5 Å². The largest absolute Gasteiger partial charge is 0.387 e. The first-order valence-corrected chi connectivity index (χ1v) is 8.69. The second kappa shape index (κ2) is 5.41. The van der Waals surface area contributed by atoms with Gasteiger partial charge in [0.25, 0.3) is 0 Å². The van der Waals surface area contributed by atoms with Gasteiger partial charge >= 0.3 is 0 Å². The summed E-state index contributed by atoms with van der Waals surface area (Å²) in [5.41, 5.74) is 6.68. The lowest BCUT2D eigenvalue weighted by Gasteiger charge is -2.16. The summed E-state index contributed by atoms with van der Waals surface area (Å²) in [6.07, 6.45) is 3.87. The fourth-order valence-electron chi connectivity index (χ4n) is 2.48. The van der Waals surface area contributed by atoms with Crippen LogP contribution in [0, 0.1) is 0 Å². The molecular weight excluding hydrogens is 294 g/mol. The first-order valence-electron chi connectivity index (χ1n) is 6.48. The van der Waals surface area contributed by atoms with Crippen molar-refractivity contribution in [1.29, 1.82) is 0 Å². The van der Waals surface area contributed by atoms with Crippen LogP contribution in [0.4, 0.5) is 5.82 Å². The van der Waals surface area contributed by atoms with Gasteiger partial charge in [-0.15, -0.1) is 0 Å². The summed E-state index contributed by atoms with van der Waals surface area (Å²) in [5.74, 6) is 0.963. The highest BCUT2D eigenvalue weighted by Crippen LogP contribution is 2.32. The Morgan fingerprint density at radius 3 is 2.76 bits per heavy atom. The number of hydrogen-bond donors (Lipinski definition) is 3. The Balaban J connectivity index is 1.94. The lowest BCUT2D eigenvalue weighted by molar-refractivity contribution is -0.0289. The van der Waals surface area contributed by atoms with Gasteiger partial charge in [0.1, 0.15) is 35.9 Å².